The Morgan fingerprint density at radius 3 is 2.00 bits per heavy atom. The van der Waals surface area contributed by atoms with E-state index in [1.807, 2.05) is 24.3 Å². The van der Waals surface area contributed by atoms with Crippen LogP contribution in [0.15, 0.2) is 48.5 Å². The molecule has 0 fully saturated rings. The normalized spacial score (nSPS) is 13.0. The van der Waals surface area contributed by atoms with Crippen molar-refractivity contribution < 1.29 is 9.84 Å². The van der Waals surface area contributed by atoms with Crippen molar-refractivity contribution in [2.24, 2.45) is 0 Å². The highest BCUT2D eigenvalue weighted by atomic mass is 16.5. The molecule has 0 aromatic heterocycles. The highest BCUT2D eigenvalue weighted by molar-refractivity contribution is 5.32. The minimum atomic E-state index is 0.117. The predicted octanol–water partition coefficient (Wildman–Crippen LogP) is 4.31. The molecule has 0 aliphatic carbocycles. The van der Waals surface area contributed by atoms with Gasteiger partial charge in [-0.1, -0.05) is 57.2 Å². The number of methoxy groups -OCH3 is 1. The number of ether oxygens (including phenoxy) is 1. The summed E-state index contributed by atoms with van der Waals surface area (Å²) in [5.74, 6) is 0.960. The third-order valence-electron chi connectivity index (χ3n) is 4.11. The van der Waals surface area contributed by atoms with E-state index in [2.05, 4.69) is 45.0 Å². The molecule has 2 aromatic carbocycles. The molecule has 0 amide bonds. The molecule has 1 atom stereocenters. The summed E-state index contributed by atoms with van der Waals surface area (Å²) in [5, 5.41) is 9.72. The zero-order valence-corrected chi connectivity index (χ0v) is 14.0. The van der Waals surface area contributed by atoms with Gasteiger partial charge in [0, 0.05) is 5.92 Å². The van der Waals surface area contributed by atoms with Crippen molar-refractivity contribution in [2.45, 2.75) is 38.5 Å². The fraction of sp³-hybridized carbons (Fsp3) is 0.400. The molecule has 0 spiro atoms. The van der Waals surface area contributed by atoms with Crippen LogP contribution < -0.4 is 4.74 Å². The number of hydrogen-bond acceptors (Lipinski definition) is 2. The first kappa shape index (κ1) is 16.6. The molecule has 0 heterocycles. The van der Waals surface area contributed by atoms with Crippen molar-refractivity contribution in [1.82, 2.24) is 0 Å². The van der Waals surface area contributed by atoms with Gasteiger partial charge in [0.2, 0.25) is 0 Å². The van der Waals surface area contributed by atoms with Crippen molar-refractivity contribution in [1.29, 1.82) is 0 Å². The number of aliphatic hydroxyl groups excluding tert-OH is 1. The molecule has 22 heavy (non-hydrogen) atoms. The lowest BCUT2D eigenvalue weighted by Crippen LogP contribution is -2.11. The summed E-state index contributed by atoms with van der Waals surface area (Å²) in [6.45, 7) is 6.80. The summed E-state index contributed by atoms with van der Waals surface area (Å²) in [5.41, 5.74) is 3.90. The Morgan fingerprint density at radius 2 is 1.55 bits per heavy atom. The first-order valence-corrected chi connectivity index (χ1v) is 7.78. The number of hydrogen-bond donors (Lipinski definition) is 1. The van der Waals surface area contributed by atoms with E-state index < -0.39 is 0 Å². The Morgan fingerprint density at radius 1 is 0.955 bits per heavy atom. The van der Waals surface area contributed by atoms with Gasteiger partial charge in [-0.3, -0.25) is 0 Å². The molecule has 0 saturated heterocycles. The third kappa shape index (κ3) is 4.11. The summed E-state index contributed by atoms with van der Waals surface area (Å²) in [6, 6.07) is 16.7. The van der Waals surface area contributed by atoms with E-state index in [4.69, 9.17) is 4.74 Å². The summed E-state index contributed by atoms with van der Waals surface area (Å²) < 4.78 is 5.18. The van der Waals surface area contributed by atoms with Gasteiger partial charge in [0.15, 0.2) is 0 Å². The zero-order valence-electron chi connectivity index (χ0n) is 14.0. The molecule has 2 heteroatoms. The van der Waals surface area contributed by atoms with Crippen LogP contribution in [-0.2, 0) is 11.8 Å². The maximum Gasteiger partial charge on any atom is 0.118 e. The van der Waals surface area contributed by atoms with Crippen LogP contribution in [0.1, 0.15) is 43.4 Å². The Bertz CT molecular complexity index is 577. The van der Waals surface area contributed by atoms with Gasteiger partial charge in [-0.05, 0) is 40.7 Å². The zero-order chi connectivity index (χ0) is 16.2. The molecule has 0 saturated carbocycles. The quantitative estimate of drug-likeness (QED) is 0.891. The molecule has 2 aromatic rings. The van der Waals surface area contributed by atoms with Crippen molar-refractivity contribution in [3.05, 3.63) is 65.2 Å². The van der Waals surface area contributed by atoms with Crippen LogP contribution in [0.25, 0.3) is 0 Å². The van der Waals surface area contributed by atoms with Gasteiger partial charge < -0.3 is 9.84 Å². The van der Waals surface area contributed by atoms with Gasteiger partial charge >= 0.3 is 0 Å². The molecule has 1 unspecified atom stereocenters. The maximum atomic E-state index is 9.72. The molecule has 1 N–H and O–H groups in total. The highest BCUT2D eigenvalue weighted by Gasteiger charge is 2.15. The monoisotopic (exact) mass is 298 g/mol. The molecule has 0 radical (unpaired) electrons. The first-order valence-electron chi connectivity index (χ1n) is 7.78. The Kier molecular flexibility index (Phi) is 5.25. The standard InChI is InChI=1S/C20H26O2/c1-20(2,3)18-9-5-15(6-10-18)13-17(14-21)16-7-11-19(22-4)12-8-16/h5-12,17,21H,13-14H2,1-4H3. The molecule has 2 rings (SSSR count). The fourth-order valence-corrected chi connectivity index (χ4v) is 2.59. The number of rotatable bonds is 5. The molecule has 2 nitrogen and oxygen atoms in total. The molecular weight excluding hydrogens is 272 g/mol. The van der Waals surface area contributed by atoms with Crippen LogP contribution in [0.3, 0.4) is 0 Å². The summed E-state index contributed by atoms with van der Waals surface area (Å²) in [6.07, 6.45) is 0.841. The van der Waals surface area contributed by atoms with Crippen molar-refractivity contribution in [2.75, 3.05) is 13.7 Å². The lowest BCUT2D eigenvalue weighted by molar-refractivity contribution is 0.264. The Labute approximate surface area is 133 Å². The fourth-order valence-electron chi connectivity index (χ4n) is 2.59. The summed E-state index contributed by atoms with van der Waals surface area (Å²) in [7, 11) is 1.66. The van der Waals surface area contributed by atoms with Gasteiger partial charge in [-0.2, -0.15) is 0 Å². The van der Waals surface area contributed by atoms with E-state index in [9.17, 15) is 5.11 Å². The molecule has 0 aliphatic rings. The third-order valence-corrected chi connectivity index (χ3v) is 4.11. The highest BCUT2D eigenvalue weighted by Crippen LogP contribution is 2.26. The largest absolute Gasteiger partial charge is 0.497 e. The van der Waals surface area contributed by atoms with Crippen LogP contribution in [0.5, 0.6) is 5.75 Å². The molecule has 118 valence electrons. The van der Waals surface area contributed by atoms with Crippen LogP contribution in [-0.4, -0.2) is 18.8 Å². The lowest BCUT2D eigenvalue weighted by Gasteiger charge is -2.20. The molecule has 0 aliphatic heterocycles. The van der Waals surface area contributed by atoms with Gasteiger partial charge in [-0.25, -0.2) is 0 Å². The smallest absolute Gasteiger partial charge is 0.118 e. The lowest BCUT2D eigenvalue weighted by atomic mass is 9.85. The number of aliphatic hydroxyl groups is 1. The predicted molar refractivity (Wildman–Crippen MR) is 91.7 cm³/mol. The minimum Gasteiger partial charge on any atom is -0.497 e. The topological polar surface area (TPSA) is 29.5 Å². The van der Waals surface area contributed by atoms with Crippen LogP contribution in [0, 0.1) is 0 Å². The Balaban J connectivity index is 2.12. The molecule has 0 bridgehead atoms. The van der Waals surface area contributed by atoms with Gasteiger partial charge in [0.25, 0.3) is 0 Å². The van der Waals surface area contributed by atoms with Crippen molar-refractivity contribution in [3.63, 3.8) is 0 Å². The first-order chi connectivity index (χ1) is 10.4. The van der Waals surface area contributed by atoms with E-state index >= 15 is 0 Å². The van der Waals surface area contributed by atoms with Crippen LogP contribution in [0.2, 0.25) is 0 Å². The SMILES string of the molecule is COc1ccc(C(CO)Cc2ccc(C(C)(C)C)cc2)cc1. The average Bonchev–Trinajstić information content (AvgIpc) is 2.52. The maximum absolute atomic E-state index is 9.72. The van der Waals surface area contributed by atoms with E-state index in [0.29, 0.717) is 0 Å². The van der Waals surface area contributed by atoms with Gasteiger partial charge in [0.05, 0.1) is 13.7 Å². The van der Waals surface area contributed by atoms with Crippen LogP contribution >= 0.6 is 0 Å². The number of benzene rings is 2. The summed E-state index contributed by atoms with van der Waals surface area (Å²) in [4.78, 5) is 0. The second kappa shape index (κ2) is 6.97. The van der Waals surface area contributed by atoms with E-state index in [1.165, 1.54) is 11.1 Å². The minimum absolute atomic E-state index is 0.117. The van der Waals surface area contributed by atoms with Crippen LogP contribution in [0.4, 0.5) is 0 Å². The van der Waals surface area contributed by atoms with Gasteiger partial charge in [0.1, 0.15) is 5.75 Å². The second-order valence-corrected chi connectivity index (χ2v) is 6.80. The summed E-state index contributed by atoms with van der Waals surface area (Å²) >= 11 is 0. The van der Waals surface area contributed by atoms with Crippen molar-refractivity contribution >= 4 is 0 Å². The second-order valence-electron chi connectivity index (χ2n) is 6.80. The Hall–Kier alpha value is -1.80. The van der Waals surface area contributed by atoms with E-state index in [-0.39, 0.29) is 17.9 Å². The van der Waals surface area contributed by atoms with Gasteiger partial charge in [-0.15, -0.1) is 0 Å². The van der Waals surface area contributed by atoms with Crippen molar-refractivity contribution in [3.8, 4) is 5.75 Å². The average molecular weight is 298 g/mol. The van der Waals surface area contributed by atoms with E-state index in [1.54, 1.807) is 7.11 Å². The van der Waals surface area contributed by atoms with E-state index in [0.717, 1.165) is 17.7 Å². The molecular formula is C20H26O2.